The van der Waals surface area contributed by atoms with E-state index in [1.165, 1.54) is 0 Å². The molecule has 19 heavy (non-hydrogen) atoms. The molecule has 0 saturated carbocycles. The highest BCUT2D eigenvalue weighted by Crippen LogP contribution is 2.32. The second kappa shape index (κ2) is 5.48. The Morgan fingerprint density at radius 2 is 2.11 bits per heavy atom. The Hall–Kier alpha value is -1.76. The van der Waals surface area contributed by atoms with E-state index >= 15 is 0 Å². The van der Waals surface area contributed by atoms with Gasteiger partial charge < -0.3 is 10.3 Å². The minimum absolute atomic E-state index is 0.0561. The molecule has 2 heterocycles. The number of nitrogens with one attached hydrogen (secondary N) is 2. The minimum Gasteiger partial charge on any atom is -0.368 e. The molecule has 0 bridgehead atoms. The van der Waals surface area contributed by atoms with Crippen LogP contribution in [0.1, 0.15) is 11.3 Å². The fraction of sp³-hybridized carbons (Fsp3) is 0.273. The standard InChI is InChI=1S/C11H10ClF3N4/c12-9-3-7(11(13,14)15)4-18-10(9)17-2-1-8-5-16-6-19-8/h3-6H,1-2H2,(H,16,19)(H,17,18). The quantitative estimate of drug-likeness (QED) is 0.909. The second-order valence-electron chi connectivity index (χ2n) is 3.81. The maximum absolute atomic E-state index is 12.4. The van der Waals surface area contributed by atoms with Crippen LogP contribution in [0.2, 0.25) is 5.02 Å². The van der Waals surface area contributed by atoms with E-state index in [4.69, 9.17) is 11.6 Å². The molecule has 0 radical (unpaired) electrons. The van der Waals surface area contributed by atoms with E-state index in [1.54, 1.807) is 12.5 Å². The average molecular weight is 291 g/mol. The molecule has 8 heteroatoms. The Kier molecular flexibility index (Phi) is 3.94. The Labute approximate surface area is 112 Å². The van der Waals surface area contributed by atoms with Crippen molar-refractivity contribution in [2.75, 3.05) is 11.9 Å². The number of rotatable bonds is 4. The van der Waals surface area contributed by atoms with Gasteiger partial charge in [-0.2, -0.15) is 13.2 Å². The molecule has 0 aromatic carbocycles. The SMILES string of the molecule is FC(F)(F)c1cnc(NCCc2cnc[nH]2)c(Cl)c1. The number of alkyl halides is 3. The van der Waals surface area contributed by atoms with Crippen LogP contribution in [0.5, 0.6) is 0 Å². The first-order valence-corrected chi connectivity index (χ1v) is 5.78. The summed E-state index contributed by atoms with van der Waals surface area (Å²) in [6.45, 7) is 0.486. The first-order valence-electron chi connectivity index (χ1n) is 5.40. The Bertz CT molecular complexity index is 539. The van der Waals surface area contributed by atoms with Crippen LogP contribution < -0.4 is 5.32 Å². The van der Waals surface area contributed by atoms with Gasteiger partial charge in [0.25, 0.3) is 0 Å². The van der Waals surface area contributed by atoms with Crippen LogP contribution in [0.3, 0.4) is 0 Å². The maximum atomic E-state index is 12.4. The third kappa shape index (κ3) is 3.60. The highest BCUT2D eigenvalue weighted by Gasteiger charge is 2.31. The maximum Gasteiger partial charge on any atom is 0.417 e. The topological polar surface area (TPSA) is 53.6 Å². The van der Waals surface area contributed by atoms with Crippen molar-refractivity contribution in [3.05, 3.63) is 41.1 Å². The van der Waals surface area contributed by atoms with E-state index in [1.807, 2.05) is 0 Å². The van der Waals surface area contributed by atoms with Gasteiger partial charge in [0.05, 0.1) is 16.9 Å². The second-order valence-corrected chi connectivity index (χ2v) is 4.21. The van der Waals surface area contributed by atoms with Gasteiger partial charge in [-0.25, -0.2) is 9.97 Å². The average Bonchev–Trinajstić information content (AvgIpc) is 2.83. The van der Waals surface area contributed by atoms with Crippen molar-refractivity contribution < 1.29 is 13.2 Å². The van der Waals surface area contributed by atoms with Crippen molar-refractivity contribution in [2.45, 2.75) is 12.6 Å². The molecule has 0 unspecified atom stereocenters. The summed E-state index contributed by atoms with van der Waals surface area (Å²) in [7, 11) is 0. The van der Waals surface area contributed by atoms with Crippen LogP contribution in [-0.2, 0) is 12.6 Å². The lowest BCUT2D eigenvalue weighted by Crippen LogP contribution is -2.10. The summed E-state index contributed by atoms with van der Waals surface area (Å²) in [6.07, 6.45) is 0.177. The van der Waals surface area contributed by atoms with Crippen LogP contribution in [0.15, 0.2) is 24.8 Å². The zero-order valence-corrected chi connectivity index (χ0v) is 10.4. The van der Waals surface area contributed by atoms with E-state index in [9.17, 15) is 13.2 Å². The van der Waals surface area contributed by atoms with Gasteiger partial charge in [0.1, 0.15) is 5.82 Å². The lowest BCUT2D eigenvalue weighted by molar-refractivity contribution is -0.137. The normalized spacial score (nSPS) is 11.6. The van der Waals surface area contributed by atoms with Crippen molar-refractivity contribution in [1.29, 1.82) is 0 Å². The molecule has 2 aromatic heterocycles. The number of hydrogen-bond acceptors (Lipinski definition) is 3. The van der Waals surface area contributed by atoms with Crippen LogP contribution in [0.25, 0.3) is 0 Å². The predicted octanol–water partition coefficient (Wildman–Crippen LogP) is 3.13. The Morgan fingerprint density at radius 1 is 1.32 bits per heavy atom. The number of aromatic amines is 1. The Balaban J connectivity index is 1.97. The van der Waals surface area contributed by atoms with Crippen LogP contribution in [0, 0.1) is 0 Å². The summed E-state index contributed by atoms with van der Waals surface area (Å²) in [5.41, 5.74) is 0.0483. The number of nitrogens with zero attached hydrogens (tertiary/aromatic N) is 2. The number of H-pyrrole nitrogens is 1. The summed E-state index contributed by atoms with van der Waals surface area (Å²) in [4.78, 5) is 10.4. The summed E-state index contributed by atoms with van der Waals surface area (Å²) < 4.78 is 37.2. The highest BCUT2D eigenvalue weighted by atomic mass is 35.5. The molecule has 0 atom stereocenters. The summed E-state index contributed by atoms with van der Waals surface area (Å²) in [5, 5.41) is 2.82. The fourth-order valence-corrected chi connectivity index (χ4v) is 1.69. The van der Waals surface area contributed by atoms with Crippen molar-refractivity contribution in [3.8, 4) is 0 Å². The summed E-state index contributed by atoms with van der Waals surface area (Å²) in [6, 6.07) is 0.854. The first kappa shape index (κ1) is 13.7. The number of imidazole rings is 1. The molecule has 102 valence electrons. The van der Waals surface area contributed by atoms with Crippen LogP contribution >= 0.6 is 11.6 Å². The number of anilines is 1. The molecule has 0 fully saturated rings. The van der Waals surface area contributed by atoms with Crippen LogP contribution in [-0.4, -0.2) is 21.5 Å². The molecule has 0 aliphatic carbocycles. The molecule has 0 saturated heterocycles. The summed E-state index contributed by atoms with van der Waals surface area (Å²) in [5.74, 6) is 0.231. The Morgan fingerprint density at radius 3 is 2.68 bits per heavy atom. The van der Waals surface area contributed by atoms with Crippen molar-refractivity contribution in [3.63, 3.8) is 0 Å². The molecule has 2 N–H and O–H groups in total. The van der Waals surface area contributed by atoms with Crippen LogP contribution in [0.4, 0.5) is 19.0 Å². The van der Waals surface area contributed by atoms with E-state index in [0.717, 1.165) is 18.0 Å². The number of hydrogen-bond donors (Lipinski definition) is 2. The van der Waals surface area contributed by atoms with Gasteiger partial charge >= 0.3 is 6.18 Å². The molecule has 4 nitrogen and oxygen atoms in total. The van der Waals surface area contributed by atoms with Gasteiger partial charge in [-0.15, -0.1) is 0 Å². The van der Waals surface area contributed by atoms with Gasteiger partial charge in [-0.05, 0) is 6.07 Å². The molecular formula is C11H10ClF3N4. The van der Waals surface area contributed by atoms with Gasteiger partial charge in [0.2, 0.25) is 0 Å². The number of aromatic nitrogens is 3. The van der Waals surface area contributed by atoms with Crippen molar-refractivity contribution in [1.82, 2.24) is 15.0 Å². The first-order chi connectivity index (χ1) is 8.97. The monoisotopic (exact) mass is 290 g/mol. The van der Waals surface area contributed by atoms with Gasteiger partial charge in [0, 0.05) is 31.1 Å². The van der Waals surface area contributed by atoms with E-state index in [2.05, 4.69) is 20.3 Å². The largest absolute Gasteiger partial charge is 0.417 e. The fourth-order valence-electron chi connectivity index (χ4n) is 1.46. The third-order valence-corrected chi connectivity index (χ3v) is 2.70. The van der Waals surface area contributed by atoms with Crippen molar-refractivity contribution >= 4 is 17.4 Å². The van der Waals surface area contributed by atoms with E-state index < -0.39 is 11.7 Å². The molecule has 2 rings (SSSR count). The van der Waals surface area contributed by atoms with Gasteiger partial charge in [0.15, 0.2) is 0 Å². The van der Waals surface area contributed by atoms with E-state index in [-0.39, 0.29) is 10.8 Å². The zero-order chi connectivity index (χ0) is 13.9. The molecule has 0 spiro atoms. The highest BCUT2D eigenvalue weighted by molar-refractivity contribution is 6.32. The lowest BCUT2D eigenvalue weighted by Gasteiger charge is -2.10. The van der Waals surface area contributed by atoms with Crippen molar-refractivity contribution in [2.24, 2.45) is 0 Å². The molecule has 0 aliphatic heterocycles. The molecule has 0 aliphatic rings. The predicted molar refractivity (Wildman–Crippen MR) is 65.0 cm³/mol. The van der Waals surface area contributed by atoms with Gasteiger partial charge in [-0.1, -0.05) is 11.6 Å². The molecular weight excluding hydrogens is 281 g/mol. The molecule has 2 aromatic rings. The summed E-state index contributed by atoms with van der Waals surface area (Å²) >= 11 is 5.75. The lowest BCUT2D eigenvalue weighted by atomic mass is 10.2. The number of halogens is 4. The third-order valence-electron chi connectivity index (χ3n) is 2.41. The molecule has 0 amide bonds. The number of pyridine rings is 1. The smallest absolute Gasteiger partial charge is 0.368 e. The van der Waals surface area contributed by atoms with E-state index in [0.29, 0.717) is 13.0 Å². The zero-order valence-electron chi connectivity index (χ0n) is 9.63. The van der Waals surface area contributed by atoms with Gasteiger partial charge in [-0.3, -0.25) is 0 Å². The minimum atomic E-state index is -4.44.